The van der Waals surface area contributed by atoms with Gasteiger partial charge in [0.2, 0.25) is 5.95 Å². The van der Waals surface area contributed by atoms with Gasteiger partial charge in [-0.3, -0.25) is 4.99 Å². The maximum atomic E-state index is 4.91. The lowest BCUT2D eigenvalue weighted by molar-refractivity contribution is 0.354. The highest BCUT2D eigenvalue weighted by Gasteiger charge is 2.26. The Morgan fingerprint density at radius 2 is 1.88 bits per heavy atom. The number of nitrogens with one attached hydrogen (secondary N) is 1. The number of anilines is 2. The molecule has 1 N–H and O–H groups in total. The third-order valence-corrected chi connectivity index (χ3v) is 5.53. The van der Waals surface area contributed by atoms with Gasteiger partial charge in [-0.1, -0.05) is 49.8 Å². The van der Waals surface area contributed by atoms with Crippen molar-refractivity contribution in [3.05, 3.63) is 59.3 Å². The standard InChI is InChI=1S/C24H34N6.C2H6/c1-6-7-14-29(5)16-13-26-24-27-19(3)22-21(25-4)12-15-30(23(22)28-24)17-20-10-8-18(2)9-11-20;1-2/h6,8-11H,1,7,12-17H2,2-5H3,(H,26,27,28);1-2H3. The predicted octanol–water partition coefficient (Wildman–Crippen LogP) is 4.87. The minimum absolute atomic E-state index is 0.689. The topological polar surface area (TPSA) is 56.6 Å². The number of likely N-dealkylation sites (N-methyl/N-ethyl adjacent to an activating group) is 1. The first kappa shape index (κ1) is 25.5. The van der Waals surface area contributed by atoms with E-state index in [1.807, 2.05) is 27.0 Å². The number of benzene rings is 1. The lowest BCUT2D eigenvalue weighted by Gasteiger charge is -2.32. The summed E-state index contributed by atoms with van der Waals surface area (Å²) in [7, 11) is 3.98. The van der Waals surface area contributed by atoms with E-state index in [1.54, 1.807) is 0 Å². The van der Waals surface area contributed by atoms with Gasteiger partial charge in [0.25, 0.3) is 0 Å². The zero-order valence-electron chi connectivity index (χ0n) is 20.8. The van der Waals surface area contributed by atoms with Gasteiger partial charge in [-0.15, -0.1) is 6.58 Å². The fourth-order valence-electron chi connectivity index (χ4n) is 3.75. The van der Waals surface area contributed by atoms with Crippen LogP contribution in [-0.4, -0.2) is 60.9 Å². The van der Waals surface area contributed by atoms with Crippen LogP contribution in [0.3, 0.4) is 0 Å². The zero-order valence-corrected chi connectivity index (χ0v) is 20.8. The monoisotopic (exact) mass is 436 g/mol. The second-order valence-electron chi connectivity index (χ2n) is 7.97. The maximum Gasteiger partial charge on any atom is 0.224 e. The van der Waals surface area contributed by atoms with E-state index in [9.17, 15) is 0 Å². The zero-order chi connectivity index (χ0) is 23.5. The van der Waals surface area contributed by atoms with Gasteiger partial charge >= 0.3 is 0 Å². The fourth-order valence-corrected chi connectivity index (χ4v) is 3.75. The molecule has 0 fully saturated rings. The predicted molar refractivity (Wildman–Crippen MR) is 138 cm³/mol. The van der Waals surface area contributed by atoms with Crippen LogP contribution in [0.1, 0.15) is 49.1 Å². The van der Waals surface area contributed by atoms with Gasteiger partial charge in [-0.25, -0.2) is 4.98 Å². The molecule has 0 saturated heterocycles. The number of aliphatic imine (C=N–C) groups is 1. The quantitative estimate of drug-likeness (QED) is 0.569. The molecule has 0 spiro atoms. The molecule has 0 aliphatic carbocycles. The van der Waals surface area contributed by atoms with Crippen LogP contribution in [0.15, 0.2) is 41.9 Å². The van der Waals surface area contributed by atoms with E-state index in [0.717, 1.165) is 68.4 Å². The molecule has 174 valence electrons. The number of nitrogens with zero attached hydrogens (tertiary/aromatic N) is 5. The first-order valence-corrected chi connectivity index (χ1v) is 11.7. The molecule has 1 aromatic carbocycles. The van der Waals surface area contributed by atoms with E-state index in [4.69, 9.17) is 9.97 Å². The van der Waals surface area contributed by atoms with Gasteiger partial charge in [0.1, 0.15) is 5.82 Å². The summed E-state index contributed by atoms with van der Waals surface area (Å²) in [5, 5.41) is 3.41. The molecule has 1 aliphatic heterocycles. The summed E-state index contributed by atoms with van der Waals surface area (Å²) in [4.78, 5) is 18.8. The molecule has 1 aliphatic rings. The van der Waals surface area contributed by atoms with Gasteiger partial charge in [0.15, 0.2) is 0 Å². The largest absolute Gasteiger partial charge is 0.353 e. The molecule has 2 heterocycles. The van der Waals surface area contributed by atoms with Crippen LogP contribution in [0.25, 0.3) is 0 Å². The Morgan fingerprint density at radius 1 is 1.16 bits per heavy atom. The fraction of sp³-hybridized carbons (Fsp3) is 0.500. The van der Waals surface area contributed by atoms with E-state index < -0.39 is 0 Å². The van der Waals surface area contributed by atoms with Crippen LogP contribution in [0.5, 0.6) is 0 Å². The molecule has 2 aromatic rings. The van der Waals surface area contributed by atoms with Crippen molar-refractivity contribution in [3.8, 4) is 0 Å². The molecule has 0 unspecified atom stereocenters. The van der Waals surface area contributed by atoms with Gasteiger partial charge in [-0.05, 0) is 32.9 Å². The van der Waals surface area contributed by atoms with E-state index >= 15 is 0 Å². The number of hydrogen-bond acceptors (Lipinski definition) is 6. The number of hydrogen-bond donors (Lipinski definition) is 1. The highest BCUT2D eigenvalue weighted by Crippen LogP contribution is 2.30. The van der Waals surface area contributed by atoms with E-state index in [1.165, 1.54) is 11.1 Å². The van der Waals surface area contributed by atoms with Crippen molar-refractivity contribution < 1.29 is 0 Å². The SMILES string of the molecule is C=CCCN(C)CCNc1nc(C)c2c(n1)N(Cc1ccc(C)cc1)CCC2=NC.CC. The molecular formula is C26H40N6. The number of aryl methyl sites for hydroxylation is 2. The average Bonchev–Trinajstić information content (AvgIpc) is 2.81. The van der Waals surface area contributed by atoms with Gasteiger partial charge in [0.05, 0.1) is 11.3 Å². The summed E-state index contributed by atoms with van der Waals surface area (Å²) >= 11 is 0. The highest BCUT2D eigenvalue weighted by atomic mass is 15.2. The summed E-state index contributed by atoms with van der Waals surface area (Å²) in [6.45, 7) is 16.5. The van der Waals surface area contributed by atoms with Crippen LogP contribution in [0, 0.1) is 13.8 Å². The van der Waals surface area contributed by atoms with Gasteiger partial charge in [0, 0.05) is 51.9 Å². The van der Waals surface area contributed by atoms with Crippen molar-refractivity contribution in [1.82, 2.24) is 14.9 Å². The minimum Gasteiger partial charge on any atom is -0.353 e. The Labute approximate surface area is 194 Å². The lowest BCUT2D eigenvalue weighted by atomic mass is 10.0. The summed E-state index contributed by atoms with van der Waals surface area (Å²) in [6.07, 6.45) is 3.87. The van der Waals surface area contributed by atoms with Crippen molar-refractivity contribution in [1.29, 1.82) is 0 Å². The molecular weight excluding hydrogens is 396 g/mol. The van der Waals surface area contributed by atoms with E-state index in [-0.39, 0.29) is 0 Å². The number of rotatable bonds is 9. The Balaban J connectivity index is 0.00000176. The minimum atomic E-state index is 0.689. The average molecular weight is 437 g/mol. The molecule has 0 radical (unpaired) electrons. The Kier molecular flexibility index (Phi) is 10.3. The van der Waals surface area contributed by atoms with Crippen LogP contribution >= 0.6 is 0 Å². The van der Waals surface area contributed by atoms with Crippen molar-refractivity contribution in [2.75, 3.05) is 50.5 Å². The highest BCUT2D eigenvalue weighted by molar-refractivity contribution is 6.07. The van der Waals surface area contributed by atoms with Crippen molar-refractivity contribution >= 4 is 17.5 Å². The molecule has 0 bridgehead atoms. The Bertz CT molecular complexity index is 888. The third kappa shape index (κ3) is 6.89. The first-order chi connectivity index (χ1) is 15.5. The Hall–Kier alpha value is -2.73. The molecule has 0 amide bonds. The van der Waals surface area contributed by atoms with Crippen LogP contribution < -0.4 is 10.2 Å². The summed E-state index contributed by atoms with van der Waals surface area (Å²) in [5.41, 5.74) is 5.73. The van der Waals surface area contributed by atoms with E-state index in [2.05, 4.69) is 71.8 Å². The van der Waals surface area contributed by atoms with Crippen molar-refractivity contribution in [2.24, 2.45) is 4.99 Å². The van der Waals surface area contributed by atoms with Gasteiger partial charge < -0.3 is 15.1 Å². The molecule has 0 atom stereocenters. The normalized spacial score (nSPS) is 14.1. The molecule has 3 rings (SSSR count). The number of aromatic nitrogens is 2. The Morgan fingerprint density at radius 3 is 2.53 bits per heavy atom. The van der Waals surface area contributed by atoms with Crippen LogP contribution in [-0.2, 0) is 6.54 Å². The smallest absolute Gasteiger partial charge is 0.224 e. The van der Waals surface area contributed by atoms with Crippen LogP contribution in [0.2, 0.25) is 0 Å². The first-order valence-electron chi connectivity index (χ1n) is 11.7. The van der Waals surface area contributed by atoms with Gasteiger partial charge in [-0.2, -0.15) is 4.98 Å². The molecule has 32 heavy (non-hydrogen) atoms. The maximum absolute atomic E-state index is 4.91. The number of fused-ring (bicyclic) bond motifs is 1. The van der Waals surface area contributed by atoms with Crippen molar-refractivity contribution in [2.45, 2.75) is 47.1 Å². The van der Waals surface area contributed by atoms with E-state index in [0.29, 0.717) is 5.95 Å². The lowest BCUT2D eigenvalue weighted by Crippen LogP contribution is -2.34. The second kappa shape index (κ2) is 13.0. The molecule has 6 nitrogen and oxygen atoms in total. The molecule has 0 saturated carbocycles. The van der Waals surface area contributed by atoms with Crippen molar-refractivity contribution in [3.63, 3.8) is 0 Å². The summed E-state index contributed by atoms with van der Waals surface area (Å²) < 4.78 is 0. The molecule has 1 aromatic heterocycles. The summed E-state index contributed by atoms with van der Waals surface area (Å²) in [5.74, 6) is 1.67. The van der Waals surface area contributed by atoms with Crippen LogP contribution in [0.4, 0.5) is 11.8 Å². The molecule has 6 heteroatoms. The summed E-state index contributed by atoms with van der Waals surface area (Å²) in [6, 6.07) is 8.73. The third-order valence-electron chi connectivity index (χ3n) is 5.53. The second-order valence-corrected chi connectivity index (χ2v) is 7.97.